The first-order valence-electron chi connectivity index (χ1n) is 9.69. The summed E-state index contributed by atoms with van der Waals surface area (Å²) >= 11 is 0. The number of fused-ring (bicyclic) bond motifs is 5. The van der Waals surface area contributed by atoms with Crippen molar-refractivity contribution in [2.75, 3.05) is 6.61 Å². The van der Waals surface area contributed by atoms with E-state index in [2.05, 4.69) is 13.0 Å². The third kappa shape index (κ3) is 2.70. The molecular weight excluding hydrogens is 356 g/mol. The van der Waals surface area contributed by atoms with Gasteiger partial charge in [0, 0.05) is 17.3 Å². The monoisotopic (exact) mass is 384 g/mol. The Labute approximate surface area is 155 Å². The van der Waals surface area contributed by atoms with Crippen molar-refractivity contribution in [3.05, 3.63) is 11.6 Å². The third-order valence-corrected chi connectivity index (χ3v) is 8.55. The maximum atomic E-state index is 12.5. The largest absolute Gasteiger partial charge is 0.397 e. The number of ketones is 1. The number of Topliss-reactive ketones (excluding diaryl/α,β-unsaturated/α-hetero) is 1. The molecule has 0 radical (unpaired) electrons. The number of aliphatic hydroxyl groups is 1. The smallest absolute Gasteiger partial charge is 0.395 e. The second-order valence-corrected chi connectivity index (χ2v) is 10.0. The summed E-state index contributed by atoms with van der Waals surface area (Å²) in [6, 6.07) is 0. The minimum absolute atomic E-state index is 0.0516. The maximum Gasteiger partial charge on any atom is 0.397 e. The van der Waals surface area contributed by atoms with Gasteiger partial charge in [-0.15, -0.1) is 0 Å². The molecule has 2 N–H and O–H groups in total. The predicted molar refractivity (Wildman–Crippen MR) is 94.5 cm³/mol. The van der Waals surface area contributed by atoms with Crippen LogP contribution in [0.15, 0.2) is 11.6 Å². The van der Waals surface area contributed by atoms with Crippen LogP contribution in [0, 0.1) is 28.6 Å². The fourth-order valence-electron chi connectivity index (χ4n) is 6.74. The summed E-state index contributed by atoms with van der Waals surface area (Å²) in [5.41, 5.74) is 0.553. The van der Waals surface area contributed by atoms with Gasteiger partial charge in [0.05, 0.1) is 12.7 Å². The Hall–Kier alpha value is -0.760. The summed E-state index contributed by atoms with van der Waals surface area (Å²) in [5.74, 6) is 1.54. The Bertz CT molecular complexity index is 743. The Morgan fingerprint density at radius 2 is 2.00 bits per heavy atom. The third-order valence-electron chi connectivity index (χ3n) is 8.03. The van der Waals surface area contributed by atoms with Crippen LogP contribution in [-0.2, 0) is 19.4 Å². The number of rotatable bonds is 3. The topological polar surface area (TPSA) is 101 Å². The predicted octanol–water partition coefficient (Wildman–Crippen LogP) is 2.68. The number of hydrogen-bond donors (Lipinski definition) is 2. The van der Waals surface area contributed by atoms with Gasteiger partial charge in [0.2, 0.25) is 0 Å². The highest BCUT2D eigenvalue weighted by atomic mass is 32.3. The quantitative estimate of drug-likeness (QED) is 0.573. The molecule has 0 aliphatic heterocycles. The number of carbonyl (C=O) groups is 1. The van der Waals surface area contributed by atoms with Crippen molar-refractivity contribution in [3.8, 4) is 0 Å². The van der Waals surface area contributed by atoms with Gasteiger partial charge in [-0.1, -0.05) is 18.6 Å². The van der Waals surface area contributed by atoms with E-state index in [4.69, 9.17) is 8.74 Å². The molecule has 3 fully saturated rings. The van der Waals surface area contributed by atoms with Crippen molar-refractivity contribution in [2.45, 2.75) is 64.4 Å². The number of aliphatic hydroxyl groups excluding tert-OH is 1. The zero-order valence-electron chi connectivity index (χ0n) is 15.2. The van der Waals surface area contributed by atoms with Gasteiger partial charge >= 0.3 is 10.4 Å². The van der Waals surface area contributed by atoms with Crippen molar-refractivity contribution >= 4 is 16.2 Å². The summed E-state index contributed by atoms with van der Waals surface area (Å²) in [4.78, 5) is 12.5. The first kappa shape index (κ1) is 18.6. The molecule has 0 amide bonds. The van der Waals surface area contributed by atoms with Crippen LogP contribution < -0.4 is 0 Å². The van der Waals surface area contributed by atoms with Crippen molar-refractivity contribution < 1.29 is 27.1 Å². The first-order chi connectivity index (χ1) is 12.2. The molecule has 7 heteroatoms. The number of hydrogen-bond acceptors (Lipinski definition) is 5. The average Bonchev–Trinajstić information content (AvgIpc) is 2.88. The molecule has 4 rings (SSSR count). The Morgan fingerprint density at radius 1 is 1.23 bits per heavy atom. The lowest BCUT2D eigenvalue weighted by molar-refractivity contribution is -0.133. The molecule has 6 nitrogen and oxygen atoms in total. The van der Waals surface area contributed by atoms with E-state index in [1.807, 2.05) is 0 Å². The molecule has 0 heterocycles. The maximum absolute atomic E-state index is 12.5. The molecule has 0 bridgehead atoms. The van der Waals surface area contributed by atoms with E-state index >= 15 is 0 Å². The normalized spacial score (nSPS) is 45.5. The molecule has 146 valence electrons. The summed E-state index contributed by atoms with van der Waals surface area (Å²) in [5, 5.41) is 10.4. The van der Waals surface area contributed by atoms with Gasteiger partial charge in [-0.25, -0.2) is 4.18 Å². The fourth-order valence-corrected chi connectivity index (χ4v) is 7.25. The highest BCUT2D eigenvalue weighted by Crippen LogP contribution is 2.64. The van der Waals surface area contributed by atoms with E-state index < -0.39 is 16.5 Å². The zero-order chi connectivity index (χ0) is 18.7. The molecule has 6 atom stereocenters. The molecule has 1 unspecified atom stereocenters. The van der Waals surface area contributed by atoms with E-state index in [9.17, 15) is 18.3 Å². The van der Waals surface area contributed by atoms with Crippen LogP contribution in [0.2, 0.25) is 0 Å². The highest BCUT2D eigenvalue weighted by Gasteiger charge is 2.59. The highest BCUT2D eigenvalue weighted by molar-refractivity contribution is 7.80. The van der Waals surface area contributed by atoms with Gasteiger partial charge in [-0.3, -0.25) is 9.35 Å². The number of carbonyl (C=O) groups excluding carboxylic acids is 1. The molecule has 26 heavy (non-hydrogen) atoms. The van der Waals surface area contributed by atoms with Crippen LogP contribution in [-0.4, -0.2) is 36.6 Å². The lowest BCUT2D eigenvalue weighted by Crippen LogP contribution is -2.53. The van der Waals surface area contributed by atoms with Crippen molar-refractivity contribution in [3.63, 3.8) is 0 Å². The van der Waals surface area contributed by atoms with Gasteiger partial charge in [0.1, 0.15) is 5.78 Å². The second-order valence-electron chi connectivity index (χ2n) is 8.96. The fraction of sp³-hybridized carbons (Fsp3) is 0.842. The second kappa shape index (κ2) is 6.12. The van der Waals surface area contributed by atoms with E-state index in [1.165, 1.54) is 0 Å². The van der Waals surface area contributed by atoms with Crippen molar-refractivity contribution in [1.29, 1.82) is 0 Å². The molecule has 0 saturated heterocycles. The van der Waals surface area contributed by atoms with Gasteiger partial charge in [0.15, 0.2) is 0 Å². The summed E-state index contributed by atoms with van der Waals surface area (Å²) in [6.45, 7) is 2.18. The van der Waals surface area contributed by atoms with E-state index in [-0.39, 0.29) is 17.4 Å². The number of allylic oxidation sites excluding steroid dienone is 1. The van der Waals surface area contributed by atoms with E-state index in [0.29, 0.717) is 49.2 Å². The summed E-state index contributed by atoms with van der Waals surface area (Å²) in [7, 11) is -4.46. The molecule has 0 aromatic carbocycles. The summed E-state index contributed by atoms with van der Waals surface area (Å²) < 4.78 is 35.9. The molecule has 0 aromatic rings. The first-order valence-corrected chi connectivity index (χ1v) is 11.1. The SMILES string of the molecule is C[C@]12CC[C@H]3[C@@H](CC=C4CC(OS(=O)(=O)O)CC[C@@]43CO)[C@@H]1CCC2=O. The van der Waals surface area contributed by atoms with Gasteiger partial charge in [0.25, 0.3) is 0 Å². The van der Waals surface area contributed by atoms with Crippen LogP contribution in [0.25, 0.3) is 0 Å². The van der Waals surface area contributed by atoms with E-state index in [0.717, 1.165) is 31.3 Å². The van der Waals surface area contributed by atoms with Crippen molar-refractivity contribution in [1.82, 2.24) is 0 Å². The summed E-state index contributed by atoms with van der Waals surface area (Å²) in [6.07, 6.45) is 7.53. The van der Waals surface area contributed by atoms with Gasteiger partial charge in [-0.05, 0) is 62.7 Å². The van der Waals surface area contributed by atoms with Crippen LogP contribution in [0.5, 0.6) is 0 Å². The lowest BCUT2D eigenvalue weighted by Gasteiger charge is -2.57. The van der Waals surface area contributed by atoms with Gasteiger partial charge < -0.3 is 5.11 Å². The molecule has 4 aliphatic carbocycles. The molecule has 3 saturated carbocycles. The standard InChI is InChI=1S/C19H28O6S/c1-18-8-7-16-14(15(18)4-5-17(18)21)3-2-12-10-13(25-26(22,23)24)6-9-19(12,16)11-20/h2,13-16,20H,3-11H2,1H3,(H,22,23,24)/t13?,14-,15-,16-,18-,19+/m0/s1. The molecule has 0 spiro atoms. The Balaban J connectivity index is 1.63. The van der Waals surface area contributed by atoms with Crippen LogP contribution in [0.1, 0.15) is 58.3 Å². The Kier molecular flexibility index (Phi) is 4.38. The van der Waals surface area contributed by atoms with Crippen LogP contribution in [0.3, 0.4) is 0 Å². The average molecular weight is 384 g/mol. The van der Waals surface area contributed by atoms with E-state index in [1.54, 1.807) is 0 Å². The van der Waals surface area contributed by atoms with Crippen molar-refractivity contribution in [2.24, 2.45) is 28.6 Å². The lowest BCUT2D eigenvalue weighted by atomic mass is 9.47. The molecule has 4 aliphatic rings. The van der Waals surface area contributed by atoms with Crippen LogP contribution >= 0.6 is 0 Å². The molecule has 0 aromatic heterocycles. The Morgan fingerprint density at radius 3 is 2.69 bits per heavy atom. The zero-order valence-corrected chi connectivity index (χ0v) is 16.0. The molecular formula is C19H28O6S. The van der Waals surface area contributed by atoms with Crippen LogP contribution in [0.4, 0.5) is 0 Å². The van der Waals surface area contributed by atoms with Gasteiger partial charge in [-0.2, -0.15) is 8.42 Å². The minimum Gasteiger partial charge on any atom is -0.395 e. The minimum atomic E-state index is -4.46.